The normalized spacial score (nSPS) is 10.9. The summed E-state index contributed by atoms with van der Waals surface area (Å²) in [6, 6.07) is 6.24. The highest BCUT2D eigenvalue weighted by Crippen LogP contribution is 2.21. The average molecular weight is 355 g/mol. The van der Waals surface area contributed by atoms with Gasteiger partial charge in [0.2, 0.25) is 0 Å². The van der Waals surface area contributed by atoms with E-state index in [1.807, 2.05) is 5.38 Å². The third-order valence-corrected chi connectivity index (χ3v) is 4.18. The van der Waals surface area contributed by atoms with Gasteiger partial charge in [-0.1, -0.05) is 0 Å². The minimum atomic E-state index is -0.405. The Morgan fingerprint density at radius 2 is 2.25 bits per heavy atom. The zero-order valence-corrected chi connectivity index (χ0v) is 12.4. The Kier molecular flexibility index (Phi) is 3.54. The minimum absolute atomic E-state index is 0.0715. The molecule has 2 heterocycles. The molecule has 1 aromatic carbocycles. The van der Waals surface area contributed by atoms with Crippen LogP contribution in [0.1, 0.15) is 5.82 Å². The van der Waals surface area contributed by atoms with Gasteiger partial charge in [0, 0.05) is 6.07 Å². The van der Waals surface area contributed by atoms with Crippen LogP contribution >= 0.6 is 27.3 Å². The number of H-pyrrole nitrogens is 1. The van der Waals surface area contributed by atoms with E-state index in [-0.39, 0.29) is 12.2 Å². The molecule has 0 saturated heterocycles. The Hall–Kier alpha value is -1.73. The number of nitrogens with one attached hydrogen (secondary N) is 1. The van der Waals surface area contributed by atoms with Crippen LogP contribution in [0.4, 0.5) is 4.39 Å². The van der Waals surface area contributed by atoms with Crippen LogP contribution in [0, 0.1) is 5.82 Å². The van der Waals surface area contributed by atoms with E-state index in [2.05, 4.69) is 25.9 Å². The maximum atomic E-state index is 13.3. The van der Waals surface area contributed by atoms with Crippen LogP contribution in [0.2, 0.25) is 0 Å². The summed E-state index contributed by atoms with van der Waals surface area (Å²) in [7, 11) is 0. The number of thiophene rings is 1. The van der Waals surface area contributed by atoms with E-state index in [0.717, 1.165) is 0 Å². The van der Waals surface area contributed by atoms with Crippen molar-refractivity contribution in [3.63, 3.8) is 0 Å². The Balaban J connectivity index is 1.82. The average Bonchev–Trinajstić information content (AvgIpc) is 2.89. The summed E-state index contributed by atoms with van der Waals surface area (Å²) in [5.74, 6) is 0.375. The molecule has 0 aliphatic carbocycles. The third-order valence-electron chi connectivity index (χ3n) is 2.63. The molecule has 0 saturated carbocycles. The van der Waals surface area contributed by atoms with Crippen molar-refractivity contribution in [2.24, 2.45) is 0 Å². The van der Waals surface area contributed by atoms with Gasteiger partial charge in [0.15, 0.2) is 0 Å². The molecule has 0 amide bonds. The first kappa shape index (κ1) is 13.3. The first-order chi connectivity index (χ1) is 9.63. The van der Waals surface area contributed by atoms with Crippen LogP contribution in [0.5, 0.6) is 5.75 Å². The van der Waals surface area contributed by atoms with Gasteiger partial charge in [0.1, 0.15) is 28.7 Å². The Labute approximate surface area is 125 Å². The summed E-state index contributed by atoms with van der Waals surface area (Å²) in [5.41, 5.74) is 0.449. The predicted octanol–water partition coefficient (Wildman–Crippen LogP) is 3.47. The summed E-state index contributed by atoms with van der Waals surface area (Å²) >= 11 is 4.41. The molecule has 3 aromatic rings. The molecule has 2 aromatic heterocycles. The second kappa shape index (κ2) is 5.34. The molecule has 0 aliphatic heterocycles. The molecule has 0 bridgehead atoms. The number of benzene rings is 1. The van der Waals surface area contributed by atoms with Crippen molar-refractivity contribution in [1.29, 1.82) is 0 Å². The van der Waals surface area contributed by atoms with Crippen molar-refractivity contribution in [2.45, 2.75) is 6.61 Å². The smallest absolute Gasteiger partial charge is 0.268 e. The van der Waals surface area contributed by atoms with Crippen molar-refractivity contribution in [3.05, 3.63) is 56.1 Å². The number of nitrogens with zero attached hydrogens (tertiary/aromatic N) is 1. The topological polar surface area (TPSA) is 55.0 Å². The van der Waals surface area contributed by atoms with E-state index in [0.29, 0.717) is 26.3 Å². The molecular formula is C13H8BrFN2O2S. The number of hydrogen-bond donors (Lipinski definition) is 1. The maximum Gasteiger partial charge on any atom is 0.268 e. The fraction of sp³-hybridized carbons (Fsp3) is 0.0769. The highest BCUT2D eigenvalue weighted by Gasteiger charge is 2.06. The number of rotatable bonds is 3. The van der Waals surface area contributed by atoms with Gasteiger partial charge >= 0.3 is 0 Å². The van der Waals surface area contributed by atoms with Gasteiger partial charge in [-0.2, -0.15) is 0 Å². The highest BCUT2D eigenvalue weighted by molar-refractivity contribution is 9.10. The summed E-state index contributed by atoms with van der Waals surface area (Å²) in [6.45, 7) is 0.0715. The number of fused-ring (bicyclic) bond motifs is 1. The molecule has 0 fully saturated rings. The van der Waals surface area contributed by atoms with Gasteiger partial charge in [0.25, 0.3) is 5.56 Å². The van der Waals surface area contributed by atoms with Crippen LogP contribution in [-0.4, -0.2) is 9.97 Å². The highest BCUT2D eigenvalue weighted by atomic mass is 79.9. The monoisotopic (exact) mass is 354 g/mol. The Bertz CT molecular complexity index is 831. The molecule has 4 nitrogen and oxygen atoms in total. The van der Waals surface area contributed by atoms with Crippen molar-refractivity contribution in [2.75, 3.05) is 0 Å². The van der Waals surface area contributed by atoms with Crippen LogP contribution in [0.15, 0.2) is 38.9 Å². The number of aromatic amines is 1. The number of halogens is 2. The van der Waals surface area contributed by atoms with Gasteiger partial charge < -0.3 is 9.72 Å². The maximum absolute atomic E-state index is 13.3. The molecule has 7 heteroatoms. The van der Waals surface area contributed by atoms with E-state index in [1.165, 1.54) is 17.4 Å². The Morgan fingerprint density at radius 3 is 3.05 bits per heavy atom. The lowest BCUT2D eigenvalue weighted by Crippen LogP contribution is -2.12. The lowest BCUT2D eigenvalue weighted by Gasteiger charge is -2.06. The van der Waals surface area contributed by atoms with E-state index >= 15 is 0 Å². The molecular weight excluding hydrogens is 347 g/mol. The van der Waals surface area contributed by atoms with Crippen LogP contribution in [0.25, 0.3) is 10.2 Å². The van der Waals surface area contributed by atoms with Gasteiger partial charge in [-0.3, -0.25) is 4.79 Å². The lowest BCUT2D eigenvalue weighted by molar-refractivity contribution is 0.294. The van der Waals surface area contributed by atoms with Crippen molar-refractivity contribution in [3.8, 4) is 5.75 Å². The molecule has 0 spiro atoms. The van der Waals surface area contributed by atoms with E-state index in [1.54, 1.807) is 18.2 Å². The largest absolute Gasteiger partial charge is 0.486 e. The molecule has 0 unspecified atom stereocenters. The van der Waals surface area contributed by atoms with E-state index in [4.69, 9.17) is 4.74 Å². The Morgan fingerprint density at radius 1 is 1.40 bits per heavy atom. The number of hydrogen-bond acceptors (Lipinski definition) is 4. The van der Waals surface area contributed by atoms with Gasteiger partial charge in [-0.05, 0) is 39.5 Å². The first-order valence-corrected chi connectivity index (χ1v) is 7.35. The van der Waals surface area contributed by atoms with Gasteiger partial charge in [-0.15, -0.1) is 11.3 Å². The second-order valence-electron chi connectivity index (χ2n) is 4.01. The van der Waals surface area contributed by atoms with Crippen molar-refractivity contribution in [1.82, 2.24) is 9.97 Å². The van der Waals surface area contributed by atoms with Crippen molar-refractivity contribution < 1.29 is 9.13 Å². The minimum Gasteiger partial charge on any atom is -0.486 e. The number of aromatic nitrogens is 2. The summed E-state index contributed by atoms with van der Waals surface area (Å²) < 4.78 is 19.7. The lowest BCUT2D eigenvalue weighted by atomic mass is 10.3. The molecule has 0 radical (unpaired) electrons. The first-order valence-electron chi connectivity index (χ1n) is 5.68. The summed E-state index contributed by atoms with van der Waals surface area (Å²) in [5, 5.41) is 1.81. The van der Waals surface area contributed by atoms with Gasteiger partial charge in [0.05, 0.1) is 9.99 Å². The SMILES string of the molecule is O=c1[nH]c(COc2ccc(Br)c(F)c2)nc2ccsc12. The summed E-state index contributed by atoms with van der Waals surface area (Å²) in [6.07, 6.45) is 0. The van der Waals surface area contributed by atoms with Crippen LogP contribution in [-0.2, 0) is 6.61 Å². The second-order valence-corrected chi connectivity index (χ2v) is 5.78. The van der Waals surface area contributed by atoms with Crippen LogP contribution < -0.4 is 10.3 Å². The third kappa shape index (κ3) is 2.59. The molecule has 0 atom stereocenters. The fourth-order valence-electron chi connectivity index (χ4n) is 1.71. The van der Waals surface area contributed by atoms with E-state index in [9.17, 15) is 9.18 Å². The molecule has 102 valence electrons. The zero-order valence-electron chi connectivity index (χ0n) is 10.0. The molecule has 3 rings (SSSR count). The van der Waals surface area contributed by atoms with Gasteiger partial charge in [-0.25, -0.2) is 9.37 Å². The van der Waals surface area contributed by atoms with Crippen LogP contribution in [0.3, 0.4) is 0 Å². The van der Waals surface area contributed by atoms with Crippen molar-refractivity contribution >= 4 is 37.5 Å². The molecule has 20 heavy (non-hydrogen) atoms. The number of ether oxygens (including phenoxy) is 1. The molecule has 0 aliphatic rings. The van der Waals surface area contributed by atoms with E-state index < -0.39 is 5.82 Å². The zero-order chi connectivity index (χ0) is 14.1. The predicted molar refractivity (Wildman–Crippen MR) is 78.7 cm³/mol. The standard InChI is InChI=1S/C13H8BrFN2O2S/c14-8-2-1-7(5-9(8)15)19-6-11-16-10-3-4-20-12(10)13(18)17-11/h1-5H,6H2,(H,16,17,18). The molecule has 1 N–H and O–H groups in total. The quantitative estimate of drug-likeness (QED) is 0.783. The fourth-order valence-corrected chi connectivity index (χ4v) is 2.68. The summed E-state index contributed by atoms with van der Waals surface area (Å²) in [4.78, 5) is 18.7.